The molecule has 2 heterocycles. The molecule has 4 aromatic rings. The molecule has 4 rings (SSSR count). The SMILES string of the molecule is Cc1ccnc(Nc2cc(Nc3ccc(NC(=O)c4ccc(F)cc4Cl)cc3)ncn2)c1. The van der Waals surface area contributed by atoms with Crippen molar-refractivity contribution in [3.63, 3.8) is 0 Å². The molecule has 2 aromatic carbocycles. The first-order valence-corrected chi connectivity index (χ1v) is 9.99. The number of pyridine rings is 1. The minimum Gasteiger partial charge on any atom is -0.340 e. The van der Waals surface area contributed by atoms with Crippen molar-refractivity contribution in [2.24, 2.45) is 0 Å². The molecule has 0 unspecified atom stereocenters. The van der Waals surface area contributed by atoms with Crippen molar-refractivity contribution in [2.75, 3.05) is 16.0 Å². The molecule has 0 saturated carbocycles. The second kappa shape index (κ2) is 9.40. The normalized spacial score (nSPS) is 10.5. The Labute approximate surface area is 188 Å². The molecule has 2 aromatic heterocycles. The molecule has 32 heavy (non-hydrogen) atoms. The van der Waals surface area contributed by atoms with Gasteiger partial charge in [-0.15, -0.1) is 0 Å². The number of carbonyl (C=O) groups excluding carboxylic acids is 1. The Hall–Kier alpha value is -4.04. The number of aromatic nitrogens is 3. The van der Waals surface area contributed by atoms with Gasteiger partial charge >= 0.3 is 0 Å². The average Bonchev–Trinajstić information content (AvgIpc) is 2.75. The minimum atomic E-state index is -0.500. The summed E-state index contributed by atoms with van der Waals surface area (Å²) in [6, 6.07) is 16.3. The van der Waals surface area contributed by atoms with Gasteiger partial charge in [0.15, 0.2) is 0 Å². The van der Waals surface area contributed by atoms with Crippen LogP contribution in [0.15, 0.2) is 73.2 Å². The molecule has 0 bridgehead atoms. The van der Waals surface area contributed by atoms with E-state index in [9.17, 15) is 9.18 Å². The Morgan fingerprint density at radius 1 is 0.844 bits per heavy atom. The van der Waals surface area contributed by atoms with Gasteiger partial charge in [-0.2, -0.15) is 0 Å². The van der Waals surface area contributed by atoms with Crippen LogP contribution in [-0.4, -0.2) is 20.9 Å². The van der Waals surface area contributed by atoms with Crippen LogP contribution in [0.3, 0.4) is 0 Å². The summed E-state index contributed by atoms with van der Waals surface area (Å²) in [6.07, 6.45) is 3.17. The highest BCUT2D eigenvalue weighted by molar-refractivity contribution is 6.34. The van der Waals surface area contributed by atoms with Crippen LogP contribution in [0.25, 0.3) is 0 Å². The number of anilines is 5. The van der Waals surface area contributed by atoms with Crippen molar-refractivity contribution in [1.82, 2.24) is 15.0 Å². The molecular weight excluding hydrogens is 431 g/mol. The van der Waals surface area contributed by atoms with Crippen LogP contribution in [0.4, 0.5) is 33.2 Å². The zero-order chi connectivity index (χ0) is 22.5. The number of rotatable bonds is 6. The lowest BCUT2D eigenvalue weighted by molar-refractivity contribution is 0.102. The summed E-state index contributed by atoms with van der Waals surface area (Å²) in [7, 11) is 0. The molecule has 160 valence electrons. The molecule has 0 radical (unpaired) electrons. The lowest BCUT2D eigenvalue weighted by atomic mass is 10.2. The third-order valence-corrected chi connectivity index (χ3v) is 4.74. The van der Waals surface area contributed by atoms with E-state index in [1.807, 2.05) is 19.1 Å². The summed E-state index contributed by atoms with van der Waals surface area (Å²) in [4.78, 5) is 25.1. The molecule has 7 nitrogen and oxygen atoms in total. The molecule has 1 amide bonds. The number of aryl methyl sites for hydroxylation is 1. The Kier molecular flexibility index (Phi) is 6.23. The van der Waals surface area contributed by atoms with E-state index in [4.69, 9.17) is 11.6 Å². The third-order valence-electron chi connectivity index (χ3n) is 4.43. The van der Waals surface area contributed by atoms with Gasteiger partial charge in [0.2, 0.25) is 0 Å². The van der Waals surface area contributed by atoms with Crippen LogP contribution in [-0.2, 0) is 0 Å². The molecular formula is C23H18ClFN6O. The summed E-state index contributed by atoms with van der Waals surface area (Å²) in [6.45, 7) is 1.99. The third kappa shape index (κ3) is 5.35. The van der Waals surface area contributed by atoms with Crippen molar-refractivity contribution in [1.29, 1.82) is 0 Å². The number of halogens is 2. The first-order chi connectivity index (χ1) is 15.5. The van der Waals surface area contributed by atoms with E-state index in [1.165, 1.54) is 18.5 Å². The van der Waals surface area contributed by atoms with Crippen LogP contribution >= 0.6 is 11.6 Å². The van der Waals surface area contributed by atoms with Gasteiger partial charge in [-0.1, -0.05) is 11.6 Å². The van der Waals surface area contributed by atoms with Crippen molar-refractivity contribution in [3.05, 3.63) is 95.2 Å². The second-order valence-corrected chi connectivity index (χ2v) is 7.32. The fourth-order valence-corrected chi connectivity index (χ4v) is 3.14. The van der Waals surface area contributed by atoms with Crippen LogP contribution < -0.4 is 16.0 Å². The summed E-state index contributed by atoms with van der Waals surface area (Å²) < 4.78 is 13.2. The Morgan fingerprint density at radius 3 is 2.25 bits per heavy atom. The van der Waals surface area contributed by atoms with Gasteiger partial charge < -0.3 is 16.0 Å². The van der Waals surface area contributed by atoms with Crippen molar-refractivity contribution >= 4 is 46.3 Å². The maximum atomic E-state index is 13.2. The predicted octanol–water partition coefficient (Wildman–Crippen LogP) is 5.71. The number of carbonyl (C=O) groups is 1. The maximum absolute atomic E-state index is 13.2. The van der Waals surface area contributed by atoms with Crippen molar-refractivity contribution in [2.45, 2.75) is 6.92 Å². The highest BCUT2D eigenvalue weighted by Crippen LogP contribution is 2.22. The highest BCUT2D eigenvalue weighted by atomic mass is 35.5. The molecule has 0 atom stereocenters. The number of hydrogen-bond acceptors (Lipinski definition) is 6. The molecule has 0 aliphatic rings. The maximum Gasteiger partial charge on any atom is 0.257 e. The highest BCUT2D eigenvalue weighted by Gasteiger charge is 2.11. The largest absolute Gasteiger partial charge is 0.340 e. The summed E-state index contributed by atoms with van der Waals surface area (Å²) in [5.41, 5.74) is 2.61. The smallest absolute Gasteiger partial charge is 0.257 e. The van der Waals surface area contributed by atoms with Gasteiger partial charge in [0, 0.05) is 23.6 Å². The van der Waals surface area contributed by atoms with Gasteiger partial charge in [-0.25, -0.2) is 19.3 Å². The van der Waals surface area contributed by atoms with E-state index in [-0.39, 0.29) is 10.6 Å². The van der Waals surface area contributed by atoms with Gasteiger partial charge in [-0.05, 0) is 67.1 Å². The Bertz CT molecular complexity index is 1270. The van der Waals surface area contributed by atoms with E-state index in [0.29, 0.717) is 23.1 Å². The van der Waals surface area contributed by atoms with Gasteiger partial charge in [0.25, 0.3) is 5.91 Å². The standard InChI is InChI=1S/C23H18ClFN6O/c1-14-8-9-26-20(10-14)31-22-12-21(27-13-28-22)29-16-3-5-17(6-4-16)30-23(32)18-7-2-15(25)11-19(18)24/h2-13H,1H3,(H,30,32)(H2,26,27,28,29,31). The van der Waals surface area contributed by atoms with Crippen LogP contribution in [0.2, 0.25) is 5.02 Å². The van der Waals surface area contributed by atoms with Gasteiger partial charge in [0.1, 0.15) is 29.6 Å². The molecule has 0 fully saturated rings. The fourth-order valence-electron chi connectivity index (χ4n) is 2.89. The van der Waals surface area contributed by atoms with E-state index >= 15 is 0 Å². The van der Waals surface area contributed by atoms with E-state index < -0.39 is 11.7 Å². The zero-order valence-corrected chi connectivity index (χ0v) is 17.7. The van der Waals surface area contributed by atoms with E-state index in [2.05, 4.69) is 30.9 Å². The Balaban J connectivity index is 1.41. The van der Waals surface area contributed by atoms with Crippen LogP contribution in [0, 0.1) is 12.7 Å². The average molecular weight is 449 g/mol. The summed E-state index contributed by atoms with van der Waals surface area (Å²) in [5.74, 6) is 0.953. The van der Waals surface area contributed by atoms with Crippen molar-refractivity contribution < 1.29 is 9.18 Å². The molecule has 0 aliphatic carbocycles. The first-order valence-electron chi connectivity index (χ1n) is 9.61. The van der Waals surface area contributed by atoms with Crippen LogP contribution in [0.1, 0.15) is 15.9 Å². The predicted molar refractivity (Wildman–Crippen MR) is 123 cm³/mol. The molecule has 0 aliphatic heterocycles. The number of hydrogen-bond donors (Lipinski definition) is 3. The quantitative estimate of drug-likeness (QED) is 0.350. The Morgan fingerprint density at radius 2 is 1.53 bits per heavy atom. The summed E-state index contributed by atoms with van der Waals surface area (Å²) >= 11 is 5.95. The van der Waals surface area contributed by atoms with Crippen molar-refractivity contribution in [3.8, 4) is 0 Å². The molecule has 0 saturated heterocycles. The van der Waals surface area contributed by atoms with E-state index in [0.717, 1.165) is 17.3 Å². The monoisotopic (exact) mass is 448 g/mol. The van der Waals surface area contributed by atoms with Gasteiger partial charge in [0.05, 0.1) is 10.6 Å². The second-order valence-electron chi connectivity index (χ2n) is 6.91. The summed E-state index contributed by atoms with van der Waals surface area (Å²) in [5, 5.41) is 9.11. The molecule has 0 spiro atoms. The van der Waals surface area contributed by atoms with Crippen LogP contribution in [0.5, 0.6) is 0 Å². The lowest BCUT2D eigenvalue weighted by Crippen LogP contribution is -2.12. The number of benzene rings is 2. The zero-order valence-electron chi connectivity index (χ0n) is 16.9. The molecule has 3 N–H and O–H groups in total. The first kappa shape index (κ1) is 21.2. The topological polar surface area (TPSA) is 91.8 Å². The minimum absolute atomic E-state index is 0.0508. The number of nitrogens with zero attached hydrogens (tertiary/aromatic N) is 3. The number of amides is 1. The number of nitrogens with one attached hydrogen (secondary N) is 3. The molecule has 9 heteroatoms. The van der Waals surface area contributed by atoms with E-state index in [1.54, 1.807) is 36.5 Å². The lowest BCUT2D eigenvalue weighted by Gasteiger charge is -2.10. The van der Waals surface area contributed by atoms with Gasteiger partial charge in [-0.3, -0.25) is 4.79 Å². The fraction of sp³-hybridized carbons (Fsp3) is 0.0435.